The number of nitrogens with zero attached hydrogens (tertiary/aromatic N) is 4. The van der Waals surface area contributed by atoms with Crippen molar-refractivity contribution in [3.8, 4) is 0 Å². The van der Waals surface area contributed by atoms with Crippen LogP contribution in [0.2, 0.25) is 0 Å². The largest absolute Gasteiger partial charge is 0.363 e. The molecule has 0 radical (unpaired) electrons. The van der Waals surface area contributed by atoms with Gasteiger partial charge < -0.3 is 10.2 Å². The van der Waals surface area contributed by atoms with Gasteiger partial charge in [0, 0.05) is 44.7 Å². The number of hydrogen-bond acceptors (Lipinski definition) is 5. The molecule has 1 aliphatic heterocycles. The van der Waals surface area contributed by atoms with E-state index in [0.717, 1.165) is 18.8 Å². The third-order valence-electron chi connectivity index (χ3n) is 4.83. The first-order valence-electron chi connectivity index (χ1n) is 8.76. The lowest BCUT2D eigenvalue weighted by Gasteiger charge is -2.27. The number of aromatic nitrogens is 2. The maximum absolute atomic E-state index is 4.58. The first kappa shape index (κ1) is 17.5. The Morgan fingerprint density at radius 2 is 2.08 bits per heavy atom. The molecule has 132 valence electrons. The summed E-state index contributed by atoms with van der Waals surface area (Å²) in [5, 5.41) is 10.5. The average molecular weight is 348 g/mol. The highest BCUT2D eigenvalue weighted by atomic mass is 32.1. The van der Waals surface area contributed by atoms with Crippen LogP contribution in [-0.2, 0) is 13.6 Å². The number of nitrogens with one attached hydrogen (secondary N) is 1. The molecule has 24 heavy (non-hydrogen) atoms. The summed E-state index contributed by atoms with van der Waals surface area (Å²) in [6.07, 6.45) is 2.66. The van der Waals surface area contributed by atoms with E-state index in [1.807, 2.05) is 23.1 Å². The molecule has 6 heteroatoms. The van der Waals surface area contributed by atoms with Gasteiger partial charge in [0.1, 0.15) is 5.82 Å². The Morgan fingerprint density at radius 1 is 1.33 bits per heavy atom. The molecule has 1 fully saturated rings. The average Bonchev–Trinajstić information content (AvgIpc) is 3.25. The van der Waals surface area contributed by atoms with Crippen molar-refractivity contribution < 1.29 is 0 Å². The number of thiophene rings is 1. The van der Waals surface area contributed by atoms with E-state index in [0.29, 0.717) is 6.04 Å². The SMILES string of the molecule is Cc1nn(C)c(N(C)C)c1CNC[C@@H](c1cccs1)N1CCCC1. The summed E-state index contributed by atoms with van der Waals surface area (Å²) in [5.74, 6) is 1.19. The number of hydrogen-bond donors (Lipinski definition) is 1. The van der Waals surface area contributed by atoms with Crippen molar-refractivity contribution in [3.63, 3.8) is 0 Å². The Labute approximate surface area is 149 Å². The van der Waals surface area contributed by atoms with Crippen molar-refractivity contribution in [2.45, 2.75) is 32.4 Å². The van der Waals surface area contributed by atoms with Crippen molar-refractivity contribution in [2.75, 3.05) is 38.6 Å². The molecule has 3 rings (SSSR count). The number of likely N-dealkylation sites (tertiary alicyclic amines) is 1. The van der Waals surface area contributed by atoms with E-state index in [4.69, 9.17) is 0 Å². The second kappa shape index (κ2) is 7.68. The van der Waals surface area contributed by atoms with Crippen molar-refractivity contribution >= 4 is 17.2 Å². The topological polar surface area (TPSA) is 36.3 Å². The molecule has 1 aliphatic rings. The molecule has 2 aromatic heterocycles. The van der Waals surface area contributed by atoms with E-state index < -0.39 is 0 Å². The van der Waals surface area contributed by atoms with E-state index >= 15 is 0 Å². The van der Waals surface area contributed by atoms with Crippen molar-refractivity contribution in [3.05, 3.63) is 33.6 Å². The molecule has 1 saturated heterocycles. The zero-order valence-corrected chi connectivity index (χ0v) is 16.1. The third-order valence-corrected chi connectivity index (χ3v) is 5.80. The molecule has 5 nitrogen and oxygen atoms in total. The lowest BCUT2D eigenvalue weighted by atomic mass is 10.2. The molecule has 0 saturated carbocycles. The van der Waals surface area contributed by atoms with Crippen LogP contribution in [0.5, 0.6) is 0 Å². The zero-order chi connectivity index (χ0) is 17.1. The van der Waals surface area contributed by atoms with Gasteiger partial charge in [-0.1, -0.05) is 6.07 Å². The maximum Gasteiger partial charge on any atom is 0.130 e. The minimum atomic E-state index is 0.493. The van der Waals surface area contributed by atoms with E-state index in [1.165, 1.54) is 42.2 Å². The van der Waals surface area contributed by atoms with Gasteiger partial charge in [0.15, 0.2) is 0 Å². The summed E-state index contributed by atoms with van der Waals surface area (Å²) in [6, 6.07) is 4.93. The van der Waals surface area contributed by atoms with Crippen molar-refractivity contribution in [1.82, 2.24) is 20.0 Å². The van der Waals surface area contributed by atoms with Crippen LogP contribution < -0.4 is 10.2 Å². The zero-order valence-electron chi connectivity index (χ0n) is 15.2. The van der Waals surface area contributed by atoms with Crippen LogP contribution in [0.15, 0.2) is 17.5 Å². The molecular weight excluding hydrogens is 318 g/mol. The molecular formula is C18H29N5S. The fourth-order valence-corrected chi connectivity index (χ4v) is 4.59. The van der Waals surface area contributed by atoms with Crippen LogP contribution in [0.4, 0.5) is 5.82 Å². The van der Waals surface area contributed by atoms with Gasteiger partial charge in [-0.05, 0) is 44.3 Å². The monoisotopic (exact) mass is 347 g/mol. The molecule has 1 N–H and O–H groups in total. The third kappa shape index (κ3) is 3.66. The van der Waals surface area contributed by atoms with Crippen molar-refractivity contribution in [2.24, 2.45) is 7.05 Å². The summed E-state index contributed by atoms with van der Waals surface area (Å²) in [6.45, 7) is 6.39. The summed E-state index contributed by atoms with van der Waals surface area (Å²) < 4.78 is 1.98. The smallest absolute Gasteiger partial charge is 0.130 e. The van der Waals surface area contributed by atoms with Crippen LogP contribution in [0.3, 0.4) is 0 Å². The summed E-state index contributed by atoms with van der Waals surface area (Å²) in [5.41, 5.74) is 2.41. The van der Waals surface area contributed by atoms with Gasteiger partial charge in [0.25, 0.3) is 0 Å². The molecule has 0 unspecified atom stereocenters. The maximum atomic E-state index is 4.58. The predicted octanol–water partition coefficient (Wildman–Crippen LogP) is 2.78. The molecule has 1 atom stereocenters. The fraction of sp³-hybridized carbons (Fsp3) is 0.611. The summed E-state index contributed by atoms with van der Waals surface area (Å²) in [4.78, 5) is 6.25. The van der Waals surface area contributed by atoms with Crippen molar-refractivity contribution in [1.29, 1.82) is 0 Å². The number of rotatable bonds is 7. The Hall–Kier alpha value is -1.37. The van der Waals surface area contributed by atoms with Crippen LogP contribution >= 0.6 is 11.3 Å². The Morgan fingerprint density at radius 3 is 2.71 bits per heavy atom. The van der Waals surface area contributed by atoms with Gasteiger partial charge in [0.2, 0.25) is 0 Å². The molecule has 3 heterocycles. The van der Waals surface area contributed by atoms with Gasteiger partial charge in [-0.2, -0.15) is 5.10 Å². The van der Waals surface area contributed by atoms with Crippen LogP contribution in [0.25, 0.3) is 0 Å². The Kier molecular flexibility index (Phi) is 5.58. The molecule has 2 aromatic rings. The molecule has 0 spiro atoms. The van der Waals surface area contributed by atoms with Crippen LogP contribution in [-0.4, -0.2) is 48.4 Å². The highest BCUT2D eigenvalue weighted by Crippen LogP contribution is 2.28. The quantitative estimate of drug-likeness (QED) is 0.835. The van der Waals surface area contributed by atoms with Gasteiger partial charge >= 0.3 is 0 Å². The van der Waals surface area contributed by atoms with Gasteiger partial charge in [-0.15, -0.1) is 11.3 Å². The predicted molar refractivity (Wildman–Crippen MR) is 102 cm³/mol. The Balaban J connectivity index is 1.68. The highest BCUT2D eigenvalue weighted by molar-refractivity contribution is 7.10. The number of aryl methyl sites for hydroxylation is 2. The number of anilines is 1. The van der Waals surface area contributed by atoms with Gasteiger partial charge in [-0.25, -0.2) is 0 Å². The summed E-state index contributed by atoms with van der Waals surface area (Å²) >= 11 is 1.87. The Bertz CT molecular complexity index is 641. The first-order chi connectivity index (χ1) is 11.6. The molecule has 0 aliphatic carbocycles. The first-order valence-corrected chi connectivity index (χ1v) is 9.64. The lowest BCUT2D eigenvalue weighted by molar-refractivity contribution is 0.242. The standard InChI is InChI=1S/C18H29N5S/c1-14-15(18(21(2)3)22(4)20-14)12-19-13-16(17-8-7-11-24-17)23-9-5-6-10-23/h7-8,11,16,19H,5-6,9-10,12-13H2,1-4H3/t16-/m0/s1. The van der Waals surface area contributed by atoms with Gasteiger partial charge in [-0.3, -0.25) is 9.58 Å². The van der Waals surface area contributed by atoms with E-state index in [1.54, 1.807) is 0 Å². The van der Waals surface area contributed by atoms with Crippen LogP contribution in [0.1, 0.15) is 35.0 Å². The minimum Gasteiger partial charge on any atom is -0.363 e. The lowest BCUT2D eigenvalue weighted by Crippen LogP contribution is -2.33. The van der Waals surface area contributed by atoms with Crippen LogP contribution in [0, 0.1) is 6.92 Å². The van der Waals surface area contributed by atoms with Gasteiger partial charge in [0.05, 0.1) is 11.7 Å². The molecule has 0 aromatic carbocycles. The minimum absolute atomic E-state index is 0.493. The fourth-order valence-electron chi connectivity index (χ4n) is 3.73. The van der Waals surface area contributed by atoms with E-state index in [9.17, 15) is 0 Å². The highest BCUT2D eigenvalue weighted by Gasteiger charge is 2.24. The molecule has 0 bridgehead atoms. The summed E-state index contributed by atoms with van der Waals surface area (Å²) in [7, 11) is 6.18. The van der Waals surface area contributed by atoms with E-state index in [2.05, 4.69) is 58.7 Å². The second-order valence-electron chi connectivity index (χ2n) is 6.81. The second-order valence-corrected chi connectivity index (χ2v) is 7.79. The normalized spacial score (nSPS) is 16.7. The van der Waals surface area contributed by atoms with E-state index in [-0.39, 0.29) is 0 Å². The molecule has 0 amide bonds.